The molecule has 0 bridgehead atoms. The molecule has 5 rings (SSSR count). The Kier molecular flexibility index (Phi) is 8.14. The Balaban J connectivity index is 1.50. The third-order valence-electron chi connectivity index (χ3n) is 7.39. The second-order valence-corrected chi connectivity index (χ2v) is 12.7. The van der Waals surface area contributed by atoms with Gasteiger partial charge in [0.25, 0.3) is 0 Å². The smallest absolute Gasteiger partial charge is 0.245 e. The molecule has 2 amide bonds. The van der Waals surface area contributed by atoms with E-state index in [-0.39, 0.29) is 29.1 Å². The number of amides is 2. The van der Waals surface area contributed by atoms with Crippen LogP contribution in [0.4, 0.5) is 5.69 Å². The number of fused-ring (bicyclic) bond motifs is 1. The van der Waals surface area contributed by atoms with E-state index in [1.54, 1.807) is 27.5 Å². The van der Waals surface area contributed by atoms with Crippen LogP contribution in [0.3, 0.4) is 0 Å². The molecule has 3 aliphatic heterocycles. The van der Waals surface area contributed by atoms with E-state index in [1.807, 2.05) is 19.1 Å². The maximum absolute atomic E-state index is 13.7. The minimum absolute atomic E-state index is 0.00284. The van der Waals surface area contributed by atoms with Gasteiger partial charge in [0.2, 0.25) is 21.7 Å². The number of nitriles is 1. The van der Waals surface area contributed by atoms with Gasteiger partial charge in [-0.15, -0.1) is 0 Å². The van der Waals surface area contributed by atoms with E-state index in [0.29, 0.717) is 38.2 Å². The van der Waals surface area contributed by atoms with Gasteiger partial charge in [-0.25, -0.2) is 8.42 Å². The summed E-state index contributed by atoms with van der Waals surface area (Å²) >= 11 is 1.21. The van der Waals surface area contributed by atoms with Crippen LogP contribution in [-0.4, -0.2) is 62.3 Å². The number of carbonyl (C=O) groups is 2. The minimum atomic E-state index is -4.20. The average Bonchev–Trinajstić information content (AvgIpc) is 3.70. The number of aryl methyl sites for hydroxylation is 1. The number of anilines is 1. The summed E-state index contributed by atoms with van der Waals surface area (Å²) < 4.78 is 32.4. The van der Waals surface area contributed by atoms with Crippen LogP contribution in [0.25, 0.3) is 11.1 Å². The van der Waals surface area contributed by atoms with Gasteiger partial charge in [-0.3, -0.25) is 9.59 Å². The number of likely N-dealkylation sites (tertiary alicyclic amines) is 2. The van der Waals surface area contributed by atoms with Crippen molar-refractivity contribution in [1.82, 2.24) is 15.1 Å². The first-order chi connectivity index (χ1) is 19.3. The fourth-order valence-electron chi connectivity index (χ4n) is 5.26. The first-order valence-electron chi connectivity index (χ1n) is 13.3. The van der Waals surface area contributed by atoms with Crippen LogP contribution in [0.1, 0.15) is 37.7 Å². The standard InChI is InChI=1S/C28H31N5O5S2/c1-19-14-20-17-38-12-7-22(20)26(19)31-27(24(15-29)40(36,37)21-8-13-39-18-21)30-23-6-2-3-11-33(28(23)35)16-25(34)32-9-4-5-10-32/h7-8,12-14,17-18,23,30-31H,2-6,9-11,16H2,1H3/t23-/m0/s1. The van der Waals surface area contributed by atoms with Gasteiger partial charge in [0.15, 0.2) is 4.91 Å². The van der Waals surface area contributed by atoms with Crippen LogP contribution in [0.2, 0.25) is 0 Å². The van der Waals surface area contributed by atoms with Crippen molar-refractivity contribution < 1.29 is 22.4 Å². The number of sulfone groups is 1. The van der Waals surface area contributed by atoms with Crippen molar-refractivity contribution >= 4 is 38.7 Å². The molecule has 0 unspecified atom stereocenters. The Morgan fingerprint density at radius 1 is 1.20 bits per heavy atom. The number of nitrogens with zero attached hydrogens (tertiary/aromatic N) is 3. The first-order valence-corrected chi connectivity index (χ1v) is 15.7. The van der Waals surface area contributed by atoms with Gasteiger partial charge in [-0.2, -0.15) is 16.6 Å². The SMILES string of the molecule is Cc1cc2coccc-2c1NC(N[C@H]1CCCCN(CC(=O)N2CCCC2)C1=O)=C(C#N)S(=O)(=O)c1ccsc1. The predicted octanol–water partition coefficient (Wildman–Crippen LogP) is 3.93. The largest absolute Gasteiger partial charge is 0.472 e. The number of nitrogens with one attached hydrogen (secondary N) is 2. The lowest BCUT2D eigenvalue weighted by Gasteiger charge is -2.28. The molecule has 2 saturated heterocycles. The van der Waals surface area contributed by atoms with E-state index in [2.05, 4.69) is 10.6 Å². The summed E-state index contributed by atoms with van der Waals surface area (Å²) in [7, 11) is -4.20. The zero-order chi connectivity index (χ0) is 28.3. The molecule has 1 aromatic heterocycles. The third-order valence-corrected chi connectivity index (χ3v) is 9.93. The van der Waals surface area contributed by atoms with Crippen LogP contribution in [-0.2, 0) is 19.4 Å². The summed E-state index contributed by atoms with van der Waals surface area (Å²) in [5.41, 5.74) is 2.99. The van der Waals surface area contributed by atoms with Crippen molar-refractivity contribution in [2.45, 2.75) is 50.0 Å². The van der Waals surface area contributed by atoms with Crippen LogP contribution in [0, 0.1) is 18.3 Å². The molecule has 2 fully saturated rings. The number of hydrogen-bond acceptors (Lipinski definition) is 9. The second kappa shape index (κ2) is 11.7. The van der Waals surface area contributed by atoms with E-state index in [9.17, 15) is 23.3 Å². The number of allylic oxidation sites excluding steroid dienone is 1. The molecule has 210 valence electrons. The molecule has 4 aliphatic rings. The summed E-state index contributed by atoms with van der Waals surface area (Å²) in [6.45, 7) is 3.69. The molecule has 12 heteroatoms. The van der Waals surface area contributed by atoms with E-state index < -0.39 is 20.8 Å². The van der Waals surface area contributed by atoms with Gasteiger partial charge >= 0.3 is 0 Å². The van der Waals surface area contributed by atoms with Crippen molar-refractivity contribution in [2.75, 3.05) is 31.5 Å². The molecule has 1 aliphatic carbocycles. The highest BCUT2D eigenvalue weighted by Gasteiger charge is 2.33. The number of carbonyl (C=O) groups excluding carboxylic acids is 2. The molecule has 2 N–H and O–H groups in total. The minimum Gasteiger partial charge on any atom is -0.472 e. The van der Waals surface area contributed by atoms with Crippen LogP contribution < -0.4 is 10.6 Å². The van der Waals surface area contributed by atoms with Crippen molar-refractivity contribution in [3.8, 4) is 17.2 Å². The monoisotopic (exact) mass is 581 g/mol. The molecule has 0 saturated carbocycles. The molecule has 1 atom stereocenters. The molecule has 4 heterocycles. The zero-order valence-corrected chi connectivity index (χ0v) is 23.8. The average molecular weight is 582 g/mol. The fraction of sp³-hybridized carbons (Fsp3) is 0.393. The predicted molar refractivity (Wildman–Crippen MR) is 151 cm³/mol. The van der Waals surface area contributed by atoms with Gasteiger partial charge in [0.05, 0.1) is 29.7 Å². The van der Waals surface area contributed by atoms with Crippen LogP contribution >= 0.6 is 11.3 Å². The lowest BCUT2D eigenvalue weighted by atomic mass is 10.1. The van der Waals surface area contributed by atoms with Crippen molar-refractivity contribution in [3.63, 3.8) is 0 Å². The highest BCUT2D eigenvalue weighted by molar-refractivity contribution is 7.95. The molecule has 0 spiro atoms. The Hall–Kier alpha value is -3.82. The highest BCUT2D eigenvalue weighted by atomic mass is 32.2. The van der Waals surface area contributed by atoms with Gasteiger partial charge in [0, 0.05) is 36.1 Å². The number of hydrogen-bond donors (Lipinski definition) is 2. The summed E-state index contributed by atoms with van der Waals surface area (Å²) in [5, 5.41) is 19.5. The summed E-state index contributed by atoms with van der Waals surface area (Å²) in [5.74, 6) is -0.448. The first kappa shape index (κ1) is 27.7. The summed E-state index contributed by atoms with van der Waals surface area (Å²) in [4.78, 5) is 29.4. The van der Waals surface area contributed by atoms with Crippen LogP contribution in [0.15, 0.2) is 61.5 Å². The molecule has 1 aromatic rings. The van der Waals surface area contributed by atoms with Gasteiger partial charge < -0.3 is 24.9 Å². The number of rotatable bonds is 8. The lowest BCUT2D eigenvalue weighted by Crippen LogP contribution is -2.49. The van der Waals surface area contributed by atoms with E-state index in [4.69, 9.17) is 4.42 Å². The van der Waals surface area contributed by atoms with Gasteiger partial charge in [0.1, 0.15) is 17.9 Å². The normalized spacial score (nSPS) is 18.8. The van der Waals surface area contributed by atoms with E-state index in [1.165, 1.54) is 29.0 Å². The lowest BCUT2D eigenvalue weighted by molar-refractivity contribution is -0.140. The van der Waals surface area contributed by atoms with Crippen LogP contribution in [0.5, 0.6) is 0 Å². The fourth-order valence-corrected chi connectivity index (χ4v) is 7.52. The van der Waals surface area contributed by atoms with Gasteiger partial charge in [-0.1, -0.05) is 0 Å². The molecule has 40 heavy (non-hydrogen) atoms. The molecule has 0 aromatic carbocycles. The van der Waals surface area contributed by atoms with Crippen molar-refractivity contribution in [3.05, 3.63) is 57.8 Å². The maximum atomic E-state index is 13.7. The Morgan fingerprint density at radius 3 is 2.70 bits per heavy atom. The summed E-state index contributed by atoms with van der Waals surface area (Å²) in [6.07, 6.45) is 6.87. The Labute approximate surface area is 237 Å². The number of thiophene rings is 1. The van der Waals surface area contributed by atoms with Crippen molar-refractivity contribution in [1.29, 1.82) is 5.26 Å². The zero-order valence-electron chi connectivity index (χ0n) is 22.2. The molecular formula is C28H31N5O5S2. The topological polar surface area (TPSA) is 136 Å². The maximum Gasteiger partial charge on any atom is 0.245 e. The Morgan fingerprint density at radius 2 is 1.98 bits per heavy atom. The van der Waals surface area contributed by atoms with Gasteiger partial charge in [-0.05, 0) is 68.2 Å². The highest BCUT2D eigenvalue weighted by Crippen LogP contribution is 2.37. The second-order valence-electron chi connectivity index (χ2n) is 10.1. The third kappa shape index (κ3) is 5.57. The molecular weight excluding hydrogens is 550 g/mol. The van der Waals surface area contributed by atoms with E-state index >= 15 is 0 Å². The summed E-state index contributed by atoms with van der Waals surface area (Å²) in [6, 6.07) is 6.14. The quantitative estimate of drug-likeness (QED) is 0.382. The molecule has 0 radical (unpaired) electrons. The van der Waals surface area contributed by atoms with E-state index in [0.717, 1.165) is 36.0 Å². The Bertz CT molecular complexity index is 1530. The van der Waals surface area contributed by atoms with Crippen molar-refractivity contribution in [2.24, 2.45) is 0 Å². The molecule has 10 nitrogen and oxygen atoms in total.